The topological polar surface area (TPSA) is 15.6 Å². The molecular formula is C19H20N2. The van der Waals surface area contributed by atoms with E-state index in [2.05, 4.69) is 48.7 Å². The average molecular weight is 276 g/mol. The van der Waals surface area contributed by atoms with Gasteiger partial charge in [-0.25, -0.2) is 0 Å². The Morgan fingerprint density at radius 2 is 2.24 bits per heavy atom. The number of benzene rings is 1. The third kappa shape index (κ3) is 1.22. The quantitative estimate of drug-likeness (QED) is 0.661. The fourth-order valence-corrected chi connectivity index (χ4v) is 5.28. The SMILES string of the molecule is C=C1C2=Nc3ccccc3C23CCN2C/C(=C/C)[C@H]1C[C@H]23. The molecular weight excluding hydrogens is 256 g/mol. The first kappa shape index (κ1) is 11.9. The highest BCUT2D eigenvalue weighted by atomic mass is 15.2. The molecule has 2 saturated heterocycles. The van der Waals surface area contributed by atoms with Gasteiger partial charge in [-0.05, 0) is 37.0 Å². The summed E-state index contributed by atoms with van der Waals surface area (Å²) in [6.45, 7) is 8.97. The number of aliphatic imine (C=N–C) groups is 1. The van der Waals surface area contributed by atoms with Crippen molar-refractivity contribution in [3.63, 3.8) is 0 Å². The first-order valence-electron chi connectivity index (χ1n) is 8.02. The zero-order valence-corrected chi connectivity index (χ0v) is 12.5. The van der Waals surface area contributed by atoms with Crippen molar-refractivity contribution in [2.45, 2.75) is 31.2 Å². The molecule has 0 aromatic heterocycles. The van der Waals surface area contributed by atoms with Gasteiger partial charge < -0.3 is 0 Å². The second-order valence-corrected chi connectivity index (χ2v) is 6.86. The third-order valence-corrected chi connectivity index (χ3v) is 6.23. The van der Waals surface area contributed by atoms with Crippen LogP contribution in [0.3, 0.4) is 0 Å². The Balaban J connectivity index is 1.78. The maximum atomic E-state index is 5.04. The molecule has 2 bridgehead atoms. The maximum Gasteiger partial charge on any atom is 0.0675 e. The minimum absolute atomic E-state index is 0.142. The molecule has 1 aromatic carbocycles. The van der Waals surface area contributed by atoms with Gasteiger partial charge in [-0.15, -0.1) is 0 Å². The van der Waals surface area contributed by atoms with Gasteiger partial charge >= 0.3 is 0 Å². The van der Waals surface area contributed by atoms with E-state index in [1.807, 2.05) is 0 Å². The summed E-state index contributed by atoms with van der Waals surface area (Å²) in [6, 6.07) is 9.37. The van der Waals surface area contributed by atoms with Gasteiger partial charge in [0.1, 0.15) is 0 Å². The first-order valence-corrected chi connectivity index (χ1v) is 8.02. The Morgan fingerprint density at radius 1 is 1.38 bits per heavy atom. The molecule has 106 valence electrons. The average Bonchev–Trinajstić information content (AvgIpc) is 3.07. The van der Waals surface area contributed by atoms with Crippen molar-refractivity contribution < 1.29 is 0 Å². The molecule has 3 aliphatic heterocycles. The van der Waals surface area contributed by atoms with Gasteiger partial charge in [0.05, 0.1) is 16.8 Å². The number of piperidine rings is 1. The van der Waals surface area contributed by atoms with E-state index in [1.54, 1.807) is 5.57 Å². The number of rotatable bonds is 0. The fourth-order valence-electron chi connectivity index (χ4n) is 5.28. The molecule has 0 N–H and O–H groups in total. The van der Waals surface area contributed by atoms with Gasteiger partial charge in [0.15, 0.2) is 0 Å². The van der Waals surface area contributed by atoms with E-state index in [0.717, 1.165) is 6.54 Å². The fraction of sp³-hybridized carbons (Fsp3) is 0.421. The van der Waals surface area contributed by atoms with Crippen LogP contribution < -0.4 is 0 Å². The standard InChI is InChI=1S/C19H20N2/c1-3-13-11-21-9-8-19-15-6-4-5-7-16(15)20-18(19)12(2)14(13)10-17(19)21/h3-7,14,17H,2,8-11H2,1H3/b13-3-/t14-,17-,19?/m0/s1. The Labute approximate surface area is 125 Å². The summed E-state index contributed by atoms with van der Waals surface area (Å²) in [5.74, 6) is 0.524. The molecule has 0 radical (unpaired) electrons. The Bertz CT molecular complexity index is 727. The highest BCUT2D eigenvalue weighted by Gasteiger charge is 2.61. The van der Waals surface area contributed by atoms with Crippen LogP contribution in [0, 0.1) is 5.92 Å². The molecule has 3 atom stereocenters. The van der Waals surface area contributed by atoms with E-state index in [4.69, 9.17) is 4.99 Å². The number of hydrogen-bond donors (Lipinski definition) is 0. The zero-order valence-electron chi connectivity index (χ0n) is 12.5. The molecule has 2 nitrogen and oxygen atoms in total. The lowest BCUT2D eigenvalue weighted by atomic mass is 9.59. The summed E-state index contributed by atoms with van der Waals surface area (Å²) < 4.78 is 0. The Morgan fingerprint density at radius 3 is 3.10 bits per heavy atom. The van der Waals surface area contributed by atoms with Crippen LogP contribution in [0.25, 0.3) is 0 Å². The number of para-hydroxylation sites is 1. The van der Waals surface area contributed by atoms with Crippen molar-refractivity contribution in [3.8, 4) is 0 Å². The minimum Gasteiger partial charge on any atom is -0.295 e. The monoisotopic (exact) mass is 276 g/mol. The molecule has 1 aliphatic carbocycles. The van der Waals surface area contributed by atoms with Crippen LogP contribution in [0.4, 0.5) is 5.69 Å². The van der Waals surface area contributed by atoms with E-state index in [0.29, 0.717) is 12.0 Å². The smallest absolute Gasteiger partial charge is 0.0675 e. The van der Waals surface area contributed by atoms with E-state index < -0.39 is 0 Å². The molecule has 1 aromatic rings. The van der Waals surface area contributed by atoms with Crippen molar-refractivity contribution in [1.29, 1.82) is 0 Å². The predicted molar refractivity (Wildman–Crippen MR) is 86.2 cm³/mol. The molecule has 3 fully saturated rings. The van der Waals surface area contributed by atoms with Crippen LogP contribution in [0.15, 0.2) is 53.1 Å². The minimum atomic E-state index is 0.142. The van der Waals surface area contributed by atoms with Gasteiger partial charge in [0.2, 0.25) is 0 Å². The summed E-state index contributed by atoms with van der Waals surface area (Å²) in [5, 5.41) is 0. The second-order valence-electron chi connectivity index (χ2n) is 6.86. The van der Waals surface area contributed by atoms with Crippen LogP contribution in [0.5, 0.6) is 0 Å². The zero-order chi connectivity index (χ0) is 14.2. The van der Waals surface area contributed by atoms with Gasteiger partial charge in [0, 0.05) is 25.0 Å². The molecule has 1 spiro atoms. The van der Waals surface area contributed by atoms with Crippen molar-refractivity contribution in [2.75, 3.05) is 13.1 Å². The van der Waals surface area contributed by atoms with Crippen LogP contribution in [0.1, 0.15) is 25.3 Å². The van der Waals surface area contributed by atoms with Gasteiger partial charge in [-0.1, -0.05) is 36.4 Å². The summed E-state index contributed by atoms with van der Waals surface area (Å²) in [6.07, 6.45) is 4.74. The van der Waals surface area contributed by atoms with Gasteiger partial charge in [0.25, 0.3) is 0 Å². The predicted octanol–water partition coefficient (Wildman–Crippen LogP) is 3.62. The molecule has 2 heteroatoms. The van der Waals surface area contributed by atoms with E-state index >= 15 is 0 Å². The second kappa shape index (κ2) is 3.75. The normalized spacial score (nSPS) is 38.4. The molecule has 1 saturated carbocycles. The molecule has 1 unspecified atom stereocenters. The molecule has 0 amide bonds. The van der Waals surface area contributed by atoms with E-state index in [-0.39, 0.29) is 5.41 Å². The Hall–Kier alpha value is -1.67. The molecule has 3 heterocycles. The Kier molecular flexibility index (Phi) is 2.13. The summed E-state index contributed by atoms with van der Waals surface area (Å²) in [7, 11) is 0. The van der Waals surface area contributed by atoms with E-state index in [1.165, 1.54) is 41.9 Å². The van der Waals surface area contributed by atoms with Gasteiger partial charge in [-0.2, -0.15) is 0 Å². The lowest BCUT2D eigenvalue weighted by Crippen LogP contribution is -2.56. The van der Waals surface area contributed by atoms with E-state index in [9.17, 15) is 0 Å². The number of fused-ring (bicyclic) bond motifs is 2. The number of nitrogens with zero attached hydrogens (tertiary/aromatic N) is 2. The lowest BCUT2D eigenvalue weighted by Gasteiger charge is -2.49. The summed E-state index contributed by atoms with van der Waals surface area (Å²) in [4.78, 5) is 7.73. The van der Waals surface area contributed by atoms with Gasteiger partial charge in [-0.3, -0.25) is 9.89 Å². The summed E-state index contributed by atoms with van der Waals surface area (Å²) >= 11 is 0. The first-order chi connectivity index (χ1) is 10.3. The van der Waals surface area contributed by atoms with Crippen molar-refractivity contribution in [1.82, 2.24) is 4.90 Å². The highest BCUT2D eigenvalue weighted by Crippen LogP contribution is 2.59. The van der Waals surface area contributed by atoms with Crippen molar-refractivity contribution in [3.05, 3.63) is 53.6 Å². The largest absolute Gasteiger partial charge is 0.295 e. The number of allylic oxidation sites excluding steroid dienone is 2. The van der Waals surface area contributed by atoms with Crippen molar-refractivity contribution >= 4 is 11.4 Å². The molecule has 5 rings (SSSR count). The third-order valence-electron chi connectivity index (χ3n) is 6.23. The molecule has 21 heavy (non-hydrogen) atoms. The van der Waals surface area contributed by atoms with Crippen LogP contribution in [-0.2, 0) is 5.41 Å². The highest BCUT2D eigenvalue weighted by molar-refractivity contribution is 6.14. The maximum absolute atomic E-state index is 5.04. The lowest BCUT2D eigenvalue weighted by molar-refractivity contribution is 0.179. The summed E-state index contributed by atoms with van der Waals surface area (Å²) in [5.41, 5.74) is 6.92. The van der Waals surface area contributed by atoms with Crippen LogP contribution in [0.2, 0.25) is 0 Å². The number of hydrogen-bond acceptors (Lipinski definition) is 2. The van der Waals surface area contributed by atoms with Crippen LogP contribution >= 0.6 is 0 Å². The van der Waals surface area contributed by atoms with Crippen LogP contribution in [-0.4, -0.2) is 29.7 Å². The van der Waals surface area contributed by atoms with Crippen molar-refractivity contribution in [2.24, 2.45) is 10.9 Å². The molecule has 4 aliphatic rings.